The van der Waals surface area contributed by atoms with Gasteiger partial charge in [0.15, 0.2) is 11.4 Å². The van der Waals surface area contributed by atoms with Crippen LogP contribution in [0.2, 0.25) is 0 Å². The minimum atomic E-state index is -0.251. The molecule has 2 aromatic carbocycles. The maximum atomic E-state index is 12.4. The van der Waals surface area contributed by atoms with Gasteiger partial charge in [0.05, 0.1) is 5.25 Å². The van der Waals surface area contributed by atoms with Crippen LogP contribution >= 0.6 is 27.7 Å². The normalized spacial score (nSPS) is 12.5. The van der Waals surface area contributed by atoms with E-state index in [0.29, 0.717) is 10.8 Å². The van der Waals surface area contributed by atoms with E-state index >= 15 is 0 Å². The molecule has 0 N–H and O–H groups in total. The van der Waals surface area contributed by atoms with Gasteiger partial charge in [0.25, 0.3) is 5.22 Å². The number of ketones is 1. The molecule has 0 radical (unpaired) electrons. The lowest BCUT2D eigenvalue weighted by Crippen LogP contribution is -2.13. The molecule has 5 heteroatoms. The first-order chi connectivity index (χ1) is 10.1. The first-order valence-electron chi connectivity index (χ1n) is 6.45. The van der Waals surface area contributed by atoms with E-state index in [1.54, 1.807) is 0 Å². The summed E-state index contributed by atoms with van der Waals surface area (Å²) in [6.07, 6.45) is 0. The lowest BCUT2D eigenvalue weighted by atomic mass is 10.1. The van der Waals surface area contributed by atoms with Crippen LogP contribution in [-0.2, 0) is 0 Å². The van der Waals surface area contributed by atoms with Gasteiger partial charge >= 0.3 is 0 Å². The molecule has 1 aromatic heterocycles. The summed E-state index contributed by atoms with van der Waals surface area (Å²) < 4.78 is 6.59. The summed E-state index contributed by atoms with van der Waals surface area (Å²) in [5.41, 5.74) is 2.24. The van der Waals surface area contributed by atoms with Gasteiger partial charge in [-0.25, -0.2) is 4.98 Å². The number of fused-ring (bicyclic) bond motifs is 1. The third-order valence-corrected chi connectivity index (χ3v) is 4.52. The number of halogens is 1. The predicted octanol–water partition coefficient (Wildman–Crippen LogP) is 4.95. The quantitative estimate of drug-likeness (QED) is 0.486. The number of para-hydroxylation sites is 2. The van der Waals surface area contributed by atoms with Gasteiger partial charge in [0.1, 0.15) is 5.52 Å². The van der Waals surface area contributed by atoms with Gasteiger partial charge in [-0.1, -0.05) is 52.0 Å². The van der Waals surface area contributed by atoms with Crippen molar-refractivity contribution in [2.24, 2.45) is 0 Å². The highest BCUT2D eigenvalue weighted by Gasteiger charge is 2.19. The van der Waals surface area contributed by atoms with Crippen LogP contribution in [0.1, 0.15) is 17.3 Å². The number of nitrogens with zero attached hydrogens (tertiary/aromatic N) is 1. The Hall–Kier alpha value is -1.59. The first kappa shape index (κ1) is 14.4. The van der Waals surface area contributed by atoms with Crippen LogP contribution in [0.5, 0.6) is 0 Å². The lowest BCUT2D eigenvalue weighted by Gasteiger charge is -2.07. The fraction of sp³-hybridized carbons (Fsp3) is 0.125. The summed E-state index contributed by atoms with van der Waals surface area (Å²) in [5.74, 6) is 0.0646. The van der Waals surface area contributed by atoms with E-state index in [0.717, 1.165) is 15.6 Å². The van der Waals surface area contributed by atoms with Crippen molar-refractivity contribution in [3.8, 4) is 0 Å². The maximum absolute atomic E-state index is 12.4. The number of aromatic nitrogens is 1. The second kappa shape index (κ2) is 6.03. The molecule has 0 aliphatic carbocycles. The number of Topliss-reactive ketones (excluding diaryl/α,β-unsaturated/α-hetero) is 1. The van der Waals surface area contributed by atoms with Gasteiger partial charge in [0.2, 0.25) is 0 Å². The van der Waals surface area contributed by atoms with Crippen molar-refractivity contribution in [1.82, 2.24) is 4.98 Å². The molecule has 3 nitrogen and oxygen atoms in total. The van der Waals surface area contributed by atoms with Gasteiger partial charge in [-0.15, -0.1) is 0 Å². The highest BCUT2D eigenvalue weighted by atomic mass is 79.9. The molecule has 0 aliphatic heterocycles. The number of thioether (sulfide) groups is 1. The molecule has 3 rings (SSSR count). The zero-order valence-corrected chi connectivity index (χ0v) is 13.6. The van der Waals surface area contributed by atoms with Crippen molar-refractivity contribution in [3.05, 3.63) is 58.6 Å². The SMILES string of the molecule is C[C@H](Sc1nc2ccccc2o1)C(=O)c1ccc(Br)cc1. The topological polar surface area (TPSA) is 43.1 Å². The summed E-state index contributed by atoms with van der Waals surface area (Å²) in [5, 5.41) is 0.272. The predicted molar refractivity (Wildman–Crippen MR) is 87.8 cm³/mol. The zero-order valence-electron chi connectivity index (χ0n) is 11.2. The van der Waals surface area contributed by atoms with E-state index in [2.05, 4.69) is 20.9 Å². The van der Waals surface area contributed by atoms with Crippen molar-refractivity contribution >= 4 is 44.6 Å². The fourth-order valence-corrected chi connectivity index (χ4v) is 3.05. The van der Waals surface area contributed by atoms with E-state index in [1.165, 1.54) is 11.8 Å². The molecular weight excluding hydrogens is 350 g/mol. The van der Waals surface area contributed by atoms with Gasteiger partial charge in [0, 0.05) is 10.0 Å². The molecule has 21 heavy (non-hydrogen) atoms. The Morgan fingerprint density at radius 2 is 1.90 bits per heavy atom. The van der Waals surface area contributed by atoms with Crippen LogP contribution in [0, 0.1) is 0 Å². The number of carbonyl (C=O) groups is 1. The molecule has 0 saturated heterocycles. The van der Waals surface area contributed by atoms with Crippen LogP contribution in [0.15, 0.2) is 62.6 Å². The van der Waals surface area contributed by atoms with Crippen molar-refractivity contribution < 1.29 is 9.21 Å². The minimum absolute atomic E-state index is 0.0646. The average molecular weight is 362 g/mol. The monoisotopic (exact) mass is 361 g/mol. The van der Waals surface area contributed by atoms with Crippen molar-refractivity contribution in [1.29, 1.82) is 0 Å². The van der Waals surface area contributed by atoms with E-state index in [1.807, 2.05) is 55.5 Å². The standard InChI is InChI=1S/C16H12BrNO2S/c1-10(15(19)11-6-8-12(17)9-7-11)21-16-18-13-4-2-3-5-14(13)20-16/h2-10H,1H3/t10-/m0/s1. The summed E-state index contributed by atoms with van der Waals surface area (Å²) in [6, 6.07) is 14.9. The van der Waals surface area contributed by atoms with Crippen LogP contribution in [0.3, 0.4) is 0 Å². The average Bonchev–Trinajstić information content (AvgIpc) is 2.89. The number of oxazole rings is 1. The lowest BCUT2D eigenvalue weighted by molar-refractivity contribution is 0.0993. The molecule has 3 aromatic rings. The summed E-state index contributed by atoms with van der Waals surface area (Å²) in [6.45, 7) is 1.86. The Balaban J connectivity index is 1.77. The number of benzene rings is 2. The van der Waals surface area contributed by atoms with Crippen LogP contribution in [0.4, 0.5) is 0 Å². The second-order valence-electron chi connectivity index (χ2n) is 4.58. The summed E-state index contributed by atoms with van der Waals surface area (Å²) >= 11 is 4.70. The summed E-state index contributed by atoms with van der Waals surface area (Å²) in [4.78, 5) is 16.7. The van der Waals surface area contributed by atoms with Crippen molar-refractivity contribution in [2.75, 3.05) is 0 Å². The molecule has 0 fully saturated rings. The van der Waals surface area contributed by atoms with Gasteiger partial charge in [-0.3, -0.25) is 4.79 Å². The Morgan fingerprint density at radius 1 is 1.19 bits per heavy atom. The molecule has 0 unspecified atom stereocenters. The van der Waals surface area contributed by atoms with Crippen LogP contribution in [0.25, 0.3) is 11.1 Å². The minimum Gasteiger partial charge on any atom is -0.431 e. The van der Waals surface area contributed by atoms with E-state index in [-0.39, 0.29) is 11.0 Å². The zero-order chi connectivity index (χ0) is 14.8. The molecule has 0 bridgehead atoms. The molecule has 0 amide bonds. The molecule has 106 valence electrons. The van der Waals surface area contributed by atoms with Gasteiger partial charge < -0.3 is 4.42 Å². The van der Waals surface area contributed by atoms with E-state index in [4.69, 9.17) is 4.42 Å². The smallest absolute Gasteiger partial charge is 0.257 e. The van der Waals surface area contributed by atoms with Gasteiger partial charge in [-0.2, -0.15) is 0 Å². The van der Waals surface area contributed by atoms with E-state index in [9.17, 15) is 4.79 Å². The Morgan fingerprint density at radius 3 is 2.62 bits per heavy atom. The molecule has 1 heterocycles. The Labute approximate surface area is 134 Å². The highest BCUT2D eigenvalue weighted by molar-refractivity contribution is 9.10. The van der Waals surface area contributed by atoms with Gasteiger partial charge in [-0.05, 0) is 31.2 Å². The maximum Gasteiger partial charge on any atom is 0.257 e. The summed E-state index contributed by atoms with van der Waals surface area (Å²) in [7, 11) is 0. The Kier molecular flexibility index (Phi) is 4.12. The number of rotatable bonds is 4. The second-order valence-corrected chi connectivity index (χ2v) is 6.79. The van der Waals surface area contributed by atoms with Crippen LogP contribution in [-0.4, -0.2) is 16.0 Å². The highest BCUT2D eigenvalue weighted by Crippen LogP contribution is 2.28. The largest absolute Gasteiger partial charge is 0.431 e. The number of hydrogen-bond donors (Lipinski definition) is 0. The third kappa shape index (κ3) is 3.19. The third-order valence-electron chi connectivity index (χ3n) is 3.05. The Bertz CT molecular complexity index is 749. The molecule has 0 aliphatic rings. The molecule has 1 atom stereocenters. The van der Waals surface area contributed by atoms with Crippen LogP contribution < -0.4 is 0 Å². The van der Waals surface area contributed by atoms with Crippen molar-refractivity contribution in [2.45, 2.75) is 17.4 Å². The molecule has 0 saturated carbocycles. The molecule has 0 spiro atoms. The van der Waals surface area contributed by atoms with E-state index < -0.39 is 0 Å². The van der Waals surface area contributed by atoms with Crippen molar-refractivity contribution in [3.63, 3.8) is 0 Å². The number of carbonyl (C=O) groups excluding carboxylic acids is 1. The number of hydrogen-bond acceptors (Lipinski definition) is 4. The first-order valence-corrected chi connectivity index (χ1v) is 8.13. The molecular formula is C16H12BrNO2S. The fourth-order valence-electron chi connectivity index (χ4n) is 1.96.